The van der Waals surface area contributed by atoms with Crippen molar-refractivity contribution in [3.63, 3.8) is 0 Å². The average molecular weight is 430 g/mol. The molecule has 5 heterocycles. The smallest absolute Gasteiger partial charge is 0.283 e. The van der Waals surface area contributed by atoms with Gasteiger partial charge >= 0.3 is 0 Å². The molecule has 0 unspecified atom stereocenters. The van der Waals surface area contributed by atoms with Gasteiger partial charge in [-0.2, -0.15) is 0 Å². The number of pyridine rings is 2. The zero-order chi connectivity index (χ0) is 21.7. The van der Waals surface area contributed by atoms with Crippen LogP contribution in [-0.2, 0) is 15.0 Å². The Balaban J connectivity index is 1.53. The zero-order valence-electron chi connectivity index (χ0n) is 17.0. The predicted molar refractivity (Wildman–Crippen MR) is 116 cm³/mol. The third-order valence-corrected chi connectivity index (χ3v) is 6.02. The van der Waals surface area contributed by atoms with E-state index in [1.54, 1.807) is 12.4 Å². The minimum atomic E-state index is -0.882. The molecular weight excluding hydrogens is 411 g/mol. The Hall–Kier alpha value is -3.78. The summed E-state index contributed by atoms with van der Waals surface area (Å²) >= 11 is 0. The van der Waals surface area contributed by atoms with Crippen molar-refractivity contribution in [1.29, 1.82) is 0 Å². The first-order valence-electron chi connectivity index (χ1n) is 10.3. The van der Waals surface area contributed by atoms with Crippen LogP contribution in [0, 0.1) is 5.82 Å². The highest BCUT2D eigenvalue weighted by Crippen LogP contribution is 2.51. The Labute approximate surface area is 183 Å². The number of hydrogen-bond acceptors (Lipinski definition) is 7. The standard InChI is InChI=1S/C24H19FN4O3/c25-17-7-16(10-27-11-17)15-1-2-21-18(8-15)24(13-31-23(26)29-24)19-9-20(28-12-22(19)32-21)14-3-5-30-6-4-14/h1-3,7-12H,4-6,13H2,(H2,26,29)/t24-/m0/s1. The van der Waals surface area contributed by atoms with Gasteiger partial charge in [0.2, 0.25) is 0 Å². The first-order valence-corrected chi connectivity index (χ1v) is 10.3. The molecule has 1 aromatic carbocycles. The number of benzene rings is 1. The van der Waals surface area contributed by atoms with E-state index in [-0.39, 0.29) is 12.6 Å². The van der Waals surface area contributed by atoms with Crippen molar-refractivity contribution in [3.05, 3.63) is 77.6 Å². The summed E-state index contributed by atoms with van der Waals surface area (Å²) in [6.07, 6.45) is 7.35. The number of nitrogens with zero attached hydrogens (tertiary/aromatic N) is 3. The number of aromatic nitrogens is 2. The van der Waals surface area contributed by atoms with Gasteiger partial charge in [0.15, 0.2) is 11.3 Å². The zero-order valence-corrected chi connectivity index (χ0v) is 17.0. The first-order chi connectivity index (χ1) is 15.6. The lowest BCUT2D eigenvalue weighted by atomic mass is 9.80. The van der Waals surface area contributed by atoms with E-state index in [1.165, 1.54) is 12.3 Å². The van der Waals surface area contributed by atoms with Crippen molar-refractivity contribution in [1.82, 2.24) is 9.97 Å². The number of ether oxygens (including phenoxy) is 3. The van der Waals surface area contributed by atoms with Gasteiger partial charge in [-0.05, 0) is 41.8 Å². The summed E-state index contributed by atoms with van der Waals surface area (Å²) in [5.74, 6) is 0.840. The van der Waals surface area contributed by atoms with Crippen LogP contribution in [0.5, 0.6) is 11.5 Å². The van der Waals surface area contributed by atoms with Gasteiger partial charge in [-0.15, -0.1) is 0 Å². The van der Waals surface area contributed by atoms with Gasteiger partial charge in [0.1, 0.15) is 18.2 Å². The van der Waals surface area contributed by atoms with E-state index in [1.807, 2.05) is 30.3 Å². The van der Waals surface area contributed by atoms with Gasteiger partial charge in [-0.25, -0.2) is 9.38 Å². The summed E-state index contributed by atoms with van der Waals surface area (Å²) in [4.78, 5) is 13.3. The predicted octanol–water partition coefficient (Wildman–Crippen LogP) is 3.78. The highest BCUT2D eigenvalue weighted by molar-refractivity contribution is 5.78. The Bertz CT molecular complexity index is 1310. The molecule has 1 spiro atoms. The van der Waals surface area contributed by atoms with E-state index < -0.39 is 11.4 Å². The number of nitrogens with two attached hydrogens (primary N) is 1. The molecule has 0 saturated heterocycles. The second-order valence-electron chi connectivity index (χ2n) is 7.92. The van der Waals surface area contributed by atoms with Crippen LogP contribution in [0.2, 0.25) is 0 Å². The topological polar surface area (TPSA) is 91.9 Å². The van der Waals surface area contributed by atoms with Gasteiger partial charge in [0.05, 0.1) is 31.3 Å². The maximum absolute atomic E-state index is 13.8. The molecule has 3 aromatic rings. The Morgan fingerprint density at radius 1 is 1.00 bits per heavy atom. The molecule has 0 bridgehead atoms. The van der Waals surface area contributed by atoms with E-state index >= 15 is 0 Å². The van der Waals surface area contributed by atoms with E-state index in [0.717, 1.165) is 34.4 Å². The average Bonchev–Trinajstić information content (AvgIpc) is 3.22. The van der Waals surface area contributed by atoms with Crippen LogP contribution in [0.1, 0.15) is 23.2 Å². The number of rotatable bonds is 2. The molecule has 2 aromatic heterocycles. The summed E-state index contributed by atoms with van der Waals surface area (Å²) < 4.78 is 31.1. The molecule has 0 amide bonds. The Kier molecular flexibility index (Phi) is 4.22. The van der Waals surface area contributed by atoms with E-state index in [9.17, 15) is 4.39 Å². The quantitative estimate of drug-likeness (QED) is 0.665. The van der Waals surface area contributed by atoms with Gasteiger partial charge in [-0.3, -0.25) is 9.97 Å². The second kappa shape index (κ2) is 7.13. The van der Waals surface area contributed by atoms with Crippen molar-refractivity contribution < 1.29 is 18.6 Å². The summed E-state index contributed by atoms with van der Waals surface area (Å²) in [7, 11) is 0. The first kappa shape index (κ1) is 18.9. The van der Waals surface area contributed by atoms with E-state index in [2.05, 4.69) is 9.97 Å². The molecule has 3 aliphatic heterocycles. The van der Waals surface area contributed by atoms with Crippen LogP contribution in [0.15, 0.2) is 60.0 Å². The van der Waals surface area contributed by atoms with Crippen molar-refractivity contribution in [2.75, 3.05) is 19.8 Å². The van der Waals surface area contributed by atoms with Crippen LogP contribution in [-0.4, -0.2) is 35.8 Å². The molecule has 160 valence electrons. The summed E-state index contributed by atoms with van der Waals surface area (Å²) in [6, 6.07) is 9.21. The number of amidine groups is 1. The third kappa shape index (κ3) is 2.95. The van der Waals surface area contributed by atoms with Crippen LogP contribution in [0.25, 0.3) is 16.7 Å². The molecule has 0 fully saturated rings. The fourth-order valence-electron chi connectivity index (χ4n) is 4.44. The van der Waals surface area contributed by atoms with Crippen LogP contribution in [0.3, 0.4) is 0 Å². The number of hydrogen-bond donors (Lipinski definition) is 1. The summed E-state index contributed by atoms with van der Waals surface area (Å²) in [5, 5.41) is 0. The lowest BCUT2D eigenvalue weighted by molar-refractivity contribution is 0.161. The van der Waals surface area contributed by atoms with Crippen molar-refractivity contribution in [2.45, 2.75) is 12.0 Å². The Morgan fingerprint density at radius 3 is 2.69 bits per heavy atom. The molecular formula is C24H19FN4O3. The van der Waals surface area contributed by atoms with Gasteiger partial charge in [-0.1, -0.05) is 12.1 Å². The minimum absolute atomic E-state index is 0.116. The van der Waals surface area contributed by atoms with Crippen LogP contribution < -0.4 is 10.5 Å². The second-order valence-corrected chi connectivity index (χ2v) is 7.92. The lowest BCUT2D eigenvalue weighted by Crippen LogP contribution is -2.31. The molecule has 32 heavy (non-hydrogen) atoms. The molecule has 0 saturated carbocycles. The fraction of sp³-hybridized carbons (Fsp3) is 0.208. The molecule has 1 atom stereocenters. The van der Waals surface area contributed by atoms with Crippen LogP contribution >= 0.6 is 0 Å². The molecule has 2 N–H and O–H groups in total. The Morgan fingerprint density at radius 2 is 1.91 bits per heavy atom. The van der Waals surface area contributed by atoms with E-state index in [4.69, 9.17) is 24.9 Å². The van der Waals surface area contributed by atoms with Gasteiger partial charge in [0, 0.05) is 22.9 Å². The molecule has 0 radical (unpaired) electrons. The largest absolute Gasteiger partial charge is 0.462 e. The number of fused-ring (bicyclic) bond motifs is 4. The van der Waals surface area contributed by atoms with Gasteiger partial charge in [0.25, 0.3) is 6.02 Å². The SMILES string of the molecule is NC1=N[C@@]2(CO1)c1cc(-c3cncc(F)c3)ccc1Oc1cnc(C3=CCOCC3)cc12. The highest BCUT2D eigenvalue weighted by atomic mass is 19.1. The van der Waals surface area contributed by atoms with E-state index in [0.29, 0.717) is 30.3 Å². The van der Waals surface area contributed by atoms with Crippen molar-refractivity contribution in [2.24, 2.45) is 10.7 Å². The molecule has 0 aliphatic carbocycles. The molecule has 8 heteroatoms. The normalized spacial score (nSPS) is 21.2. The van der Waals surface area contributed by atoms with Gasteiger partial charge < -0.3 is 19.9 Å². The van der Waals surface area contributed by atoms with Crippen molar-refractivity contribution >= 4 is 11.6 Å². The molecule has 6 rings (SSSR count). The lowest BCUT2D eigenvalue weighted by Gasteiger charge is -2.34. The summed E-state index contributed by atoms with van der Waals surface area (Å²) in [5.41, 5.74) is 10.2. The van der Waals surface area contributed by atoms with Crippen LogP contribution in [0.4, 0.5) is 4.39 Å². The monoisotopic (exact) mass is 430 g/mol. The summed E-state index contributed by atoms with van der Waals surface area (Å²) in [6.45, 7) is 1.46. The molecule has 3 aliphatic rings. The highest BCUT2D eigenvalue weighted by Gasteiger charge is 2.47. The molecule has 7 nitrogen and oxygen atoms in total. The maximum atomic E-state index is 13.8. The number of halogens is 1. The minimum Gasteiger partial charge on any atom is -0.462 e. The fourth-order valence-corrected chi connectivity index (χ4v) is 4.44. The van der Waals surface area contributed by atoms with Crippen molar-refractivity contribution in [3.8, 4) is 22.6 Å². The third-order valence-electron chi connectivity index (χ3n) is 6.02. The maximum Gasteiger partial charge on any atom is 0.283 e. The number of aliphatic imine (C=N–C) groups is 1.